The van der Waals surface area contributed by atoms with E-state index in [0.29, 0.717) is 43.9 Å². The Morgan fingerprint density at radius 3 is 2.74 bits per heavy atom. The molecule has 146 valence electrons. The van der Waals surface area contributed by atoms with Crippen molar-refractivity contribution < 1.29 is 23.9 Å². The van der Waals surface area contributed by atoms with Crippen LogP contribution in [-0.2, 0) is 14.3 Å². The monoisotopic (exact) mass is 375 g/mol. The van der Waals surface area contributed by atoms with Crippen LogP contribution in [0.15, 0.2) is 24.3 Å². The van der Waals surface area contributed by atoms with Gasteiger partial charge in [0, 0.05) is 38.1 Å². The van der Waals surface area contributed by atoms with E-state index in [4.69, 9.17) is 15.2 Å². The Hall–Kier alpha value is -2.61. The molecule has 27 heavy (non-hydrogen) atoms. The summed E-state index contributed by atoms with van der Waals surface area (Å²) in [6.07, 6.45) is 2.05. The molecular formula is C19H25N3O5. The Labute approximate surface area is 158 Å². The highest BCUT2D eigenvalue weighted by atomic mass is 16.5. The molecule has 2 heterocycles. The van der Waals surface area contributed by atoms with Gasteiger partial charge in [0.05, 0.1) is 12.6 Å². The van der Waals surface area contributed by atoms with E-state index < -0.39 is 5.91 Å². The zero-order valence-corrected chi connectivity index (χ0v) is 15.2. The SMILES string of the molecule is NC(=O)c1ccc(OC2COCCC2NC(=O)CCN2CCCC2=O)cc1. The summed E-state index contributed by atoms with van der Waals surface area (Å²) in [5, 5.41) is 3.00. The van der Waals surface area contributed by atoms with E-state index in [1.54, 1.807) is 29.2 Å². The molecule has 2 saturated heterocycles. The number of hydrogen-bond donors (Lipinski definition) is 2. The standard InChI is InChI=1S/C19H25N3O5/c20-19(25)13-3-5-14(6-4-13)27-16-12-26-11-8-15(16)21-17(23)7-10-22-9-1-2-18(22)24/h3-6,15-16H,1-2,7-12H2,(H2,20,25)(H,21,23). The third kappa shape index (κ3) is 5.19. The van der Waals surface area contributed by atoms with E-state index in [0.717, 1.165) is 13.0 Å². The number of benzene rings is 1. The van der Waals surface area contributed by atoms with Crippen LogP contribution in [0.5, 0.6) is 5.75 Å². The normalized spacial score (nSPS) is 22.5. The van der Waals surface area contributed by atoms with E-state index in [2.05, 4.69) is 5.32 Å². The van der Waals surface area contributed by atoms with Gasteiger partial charge in [0.2, 0.25) is 17.7 Å². The number of carbonyl (C=O) groups is 3. The summed E-state index contributed by atoms with van der Waals surface area (Å²) in [5.74, 6) is 0.107. The molecule has 2 atom stereocenters. The number of ether oxygens (including phenoxy) is 2. The highest BCUT2D eigenvalue weighted by Gasteiger charge is 2.29. The summed E-state index contributed by atoms with van der Waals surface area (Å²) in [6.45, 7) is 2.10. The largest absolute Gasteiger partial charge is 0.486 e. The van der Waals surface area contributed by atoms with Crippen LogP contribution in [0.1, 0.15) is 36.0 Å². The smallest absolute Gasteiger partial charge is 0.248 e. The van der Waals surface area contributed by atoms with E-state index in [-0.39, 0.29) is 30.4 Å². The van der Waals surface area contributed by atoms with Crippen LogP contribution in [0.2, 0.25) is 0 Å². The summed E-state index contributed by atoms with van der Waals surface area (Å²) in [4.78, 5) is 36.8. The number of hydrogen-bond acceptors (Lipinski definition) is 5. The van der Waals surface area contributed by atoms with Gasteiger partial charge in [-0.15, -0.1) is 0 Å². The Balaban J connectivity index is 1.52. The van der Waals surface area contributed by atoms with Gasteiger partial charge in [0.1, 0.15) is 11.9 Å². The lowest BCUT2D eigenvalue weighted by Crippen LogP contribution is -2.51. The van der Waals surface area contributed by atoms with Crippen molar-refractivity contribution in [3.8, 4) is 5.75 Å². The van der Waals surface area contributed by atoms with Gasteiger partial charge in [-0.05, 0) is 37.1 Å². The lowest BCUT2D eigenvalue weighted by molar-refractivity contribution is -0.129. The molecule has 0 bridgehead atoms. The van der Waals surface area contributed by atoms with E-state index in [1.807, 2.05) is 0 Å². The van der Waals surface area contributed by atoms with Crippen molar-refractivity contribution in [3.05, 3.63) is 29.8 Å². The zero-order valence-electron chi connectivity index (χ0n) is 15.2. The number of primary amides is 1. The van der Waals surface area contributed by atoms with Gasteiger partial charge in [0.15, 0.2) is 0 Å². The maximum absolute atomic E-state index is 12.3. The van der Waals surface area contributed by atoms with Gasteiger partial charge in [-0.25, -0.2) is 0 Å². The van der Waals surface area contributed by atoms with Crippen LogP contribution in [0.4, 0.5) is 0 Å². The number of nitrogens with zero attached hydrogens (tertiary/aromatic N) is 1. The highest BCUT2D eigenvalue weighted by molar-refractivity contribution is 5.92. The molecule has 0 saturated carbocycles. The maximum Gasteiger partial charge on any atom is 0.248 e. The molecule has 0 aromatic heterocycles. The van der Waals surface area contributed by atoms with Crippen molar-refractivity contribution in [1.29, 1.82) is 0 Å². The maximum atomic E-state index is 12.3. The average molecular weight is 375 g/mol. The van der Waals surface area contributed by atoms with Gasteiger partial charge < -0.3 is 25.4 Å². The van der Waals surface area contributed by atoms with Crippen LogP contribution >= 0.6 is 0 Å². The van der Waals surface area contributed by atoms with Crippen molar-refractivity contribution in [3.63, 3.8) is 0 Å². The summed E-state index contributed by atoms with van der Waals surface area (Å²) in [6, 6.07) is 6.37. The van der Waals surface area contributed by atoms with Gasteiger partial charge in [0.25, 0.3) is 0 Å². The van der Waals surface area contributed by atoms with E-state index in [9.17, 15) is 14.4 Å². The molecule has 2 aliphatic rings. The first-order valence-electron chi connectivity index (χ1n) is 9.24. The zero-order chi connectivity index (χ0) is 19.2. The van der Waals surface area contributed by atoms with Gasteiger partial charge in [-0.1, -0.05) is 0 Å². The topological polar surface area (TPSA) is 111 Å². The summed E-state index contributed by atoms with van der Waals surface area (Å²) < 4.78 is 11.4. The molecule has 0 spiro atoms. The van der Waals surface area contributed by atoms with Gasteiger partial charge in [-0.3, -0.25) is 14.4 Å². The molecule has 2 aliphatic heterocycles. The fourth-order valence-corrected chi connectivity index (χ4v) is 3.32. The Morgan fingerprint density at radius 2 is 2.07 bits per heavy atom. The Bertz CT molecular complexity index is 691. The van der Waals surface area contributed by atoms with Crippen molar-refractivity contribution >= 4 is 17.7 Å². The summed E-state index contributed by atoms with van der Waals surface area (Å²) >= 11 is 0. The molecule has 1 aromatic carbocycles. The van der Waals surface area contributed by atoms with Crippen molar-refractivity contribution in [1.82, 2.24) is 10.2 Å². The second-order valence-corrected chi connectivity index (χ2v) is 6.82. The second kappa shape index (κ2) is 8.85. The number of amides is 3. The minimum Gasteiger partial charge on any atom is -0.486 e. The number of rotatable bonds is 7. The third-order valence-electron chi connectivity index (χ3n) is 4.86. The fraction of sp³-hybridized carbons (Fsp3) is 0.526. The predicted octanol–water partition coefficient (Wildman–Crippen LogP) is 0.451. The van der Waals surface area contributed by atoms with Crippen molar-refractivity contribution in [2.75, 3.05) is 26.3 Å². The summed E-state index contributed by atoms with van der Waals surface area (Å²) in [5.41, 5.74) is 5.64. The molecular weight excluding hydrogens is 350 g/mol. The van der Waals surface area contributed by atoms with Crippen LogP contribution in [0.25, 0.3) is 0 Å². The molecule has 3 rings (SSSR count). The van der Waals surface area contributed by atoms with Gasteiger partial charge >= 0.3 is 0 Å². The molecule has 8 heteroatoms. The van der Waals surface area contributed by atoms with Crippen LogP contribution < -0.4 is 15.8 Å². The van der Waals surface area contributed by atoms with Crippen molar-refractivity contribution in [2.45, 2.75) is 37.8 Å². The number of nitrogens with one attached hydrogen (secondary N) is 1. The molecule has 0 aliphatic carbocycles. The molecule has 3 amide bonds. The minimum absolute atomic E-state index is 0.0979. The number of carbonyl (C=O) groups excluding carboxylic acids is 3. The summed E-state index contributed by atoms with van der Waals surface area (Å²) in [7, 11) is 0. The number of nitrogens with two attached hydrogens (primary N) is 1. The van der Waals surface area contributed by atoms with Crippen LogP contribution in [0.3, 0.4) is 0 Å². The Kier molecular flexibility index (Phi) is 6.28. The molecule has 8 nitrogen and oxygen atoms in total. The molecule has 2 unspecified atom stereocenters. The predicted molar refractivity (Wildman–Crippen MR) is 97.2 cm³/mol. The van der Waals surface area contributed by atoms with Crippen molar-refractivity contribution in [2.24, 2.45) is 5.73 Å². The Morgan fingerprint density at radius 1 is 1.30 bits per heavy atom. The minimum atomic E-state index is -0.496. The molecule has 2 fully saturated rings. The highest BCUT2D eigenvalue weighted by Crippen LogP contribution is 2.19. The van der Waals surface area contributed by atoms with E-state index in [1.165, 1.54) is 0 Å². The van der Waals surface area contributed by atoms with Gasteiger partial charge in [-0.2, -0.15) is 0 Å². The third-order valence-corrected chi connectivity index (χ3v) is 4.86. The molecule has 3 N–H and O–H groups in total. The first-order valence-corrected chi connectivity index (χ1v) is 9.24. The average Bonchev–Trinajstić information content (AvgIpc) is 3.07. The lowest BCUT2D eigenvalue weighted by atomic mass is 10.1. The van der Waals surface area contributed by atoms with Crippen LogP contribution in [0, 0.1) is 0 Å². The first-order chi connectivity index (χ1) is 13.0. The first kappa shape index (κ1) is 19.2. The fourth-order valence-electron chi connectivity index (χ4n) is 3.32. The van der Waals surface area contributed by atoms with Crippen LogP contribution in [-0.4, -0.2) is 61.1 Å². The second-order valence-electron chi connectivity index (χ2n) is 6.82. The number of likely N-dealkylation sites (tertiary alicyclic amines) is 1. The quantitative estimate of drug-likeness (QED) is 0.719. The molecule has 1 aromatic rings. The lowest BCUT2D eigenvalue weighted by Gasteiger charge is -2.32. The van der Waals surface area contributed by atoms with E-state index >= 15 is 0 Å². The molecule has 0 radical (unpaired) electrons.